The number of halogens is 1. The highest BCUT2D eigenvalue weighted by Gasteiger charge is 2.43. The van der Waals surface area contributed by atoms with Gasteiger partial charge < -0.3 is 10.2 Å². The quantitative estimate of drug-likeness (QED) is 0.702. The van der Waals surface area contributed by atoms with E-state index in [-0.39, 0.29) is 23.8 Å². The largest absolute Gasteiger partial charge is 0.328 e. The first-order chi connectivity index (χ1) is 16.0. The van der Waals surface area contributed by atoms with E-state index in [1.807, 2.05) is 55.1 Å². The number of nitrogens with one attached hydrogen (secondary N) is 2. The van der Waals surface area contributed by atoms with Crippen molar-refractivity contribution in [3.63, 3.8) is 0 Å². The number of benzene rings is 2. The first-order valence-corrected chi connectivity index (χ1v) is 11.9. The lowest BCUT2D eigenvalue weighted by Crippen LogP contribution is -2.66. The fourth-order valence-corrected chi connectivity index (χ4v) is 4.88. The van der Waals surface area contributed by atoms with Gasteiger partial charge in [-0.05, 0) is 43.0 Å². The van der Waals surface area contributed by atoms with Crippen LogP contribution >= 0.6 is 11.6 Å². The van der Waals surface area contributed by atoms with Crippen molar-refractivity contribution in [2.45, 2.75) is 45.1 Å². The molecule has 0 radical (unpaired) electrons. The van der Waals surface area contributed by atoms with E-state index >= 15 is 0 Å². The second-order valence-electron chi connectivity index (χ2n) is 8.41. The zero-order chi connectivity index (χ0) is 23.6. The van der Waals surface area contributed by atoms with E-state index in [4.69, 9.17) is 11.6 Å². The van der Waals surface area contributed by atoms with E-state index in [0.717, 1.165) is 29.7 Å². The number of nitrogens with zero attached hydrogens (tertiary/aromatic N) is 2. The monoisotopic (exact) mass is 468 g/mol. The van der Waals surface area contributed by atoms with Gasteiger partial charge >= 0.3 is 6.03 Å². The number of amides is 4. The third kappa shape index (κ3) is 4.48. The highest BCUT2D eigenvalue weighted by Crippen LogP contribution is 2.38. The van der Waals surface area contributed by atoms with Crippen LogP contribution < -0.4 is 20.4 Å². The van der Waals surface area contributed by atoms with Crippen molar-refractivity contribution in [3.8, 4) is 11.1 Å². The van der Waals surface area contributed by atoms with Crippen molar-refractivity contribution in [3.05, 3.63) is 47.5 Å². The molecule has 2 aromatic carbocycles. The van der Waals surface area contributed by atoms with Gasteiger partial charge in [-0.25, -0.2) is 4.79 Å². The molecule has 2 N–H and O–H groups in total. The Morgan fingerprint density at radius 2 is 1.70 bits per heavy atom. The molecule has 4 amide bonds. The molecule has 2 heterocycles. The van der Waals surface area contributed by atoms with E-state index < -0.39 is 6.03 Å². The average Bonchev–Trinajstić information content (AvgIpc) is 2.81. The van der Waals surface area contributed by atoms with Crippen molar-refractivity contribution in [1.82, 2.24) is 10.6 Å². The Bertz CT molecular complexity index is 1070. The minimum atomic E-state index is -0.465. The minimum absolute atomic E-state index is 0.0701. The molecule has 1 spiro atoms. The summed E-state index contributed by atoms with van der Waals surface area (Å²) in [4.78, 5) is 39.5. The van der Waals surface area contributed by atoms with Crippen molar-refractivity contribution in [2.24, 2.45) is 0 Å². The molecule has 5 rings (SSSR count). The van der Waals surface area contributed by atoms with Gasteiger partial charge in [0, 0.05) is 36.3 Å². The maximum absolute atomic E-state index is 12.5. The third-order valence-corrected chi connectivity index (χ3v) is 6.90. The van der Waals surface area contributed by atoms with Crippen molar-refractivity contribution < 1.29 is 14.4 Å². The third-order valence-electron chi connectivity index (χ3n) is 6.50. The molecular weight excluding hydrogens is 440 g/mol. The van der Waals surface area contributed by atoms with Gasteiger partial charge in [0.2, 0.25) is 11.8 Å². The molecule has 0 atom stereocenters. The molecule has 174 valence electrons. The Kier molecular flexibility index (Phi) is 6.72. The number of hydrogen-bond acceptors (Lipinski definition) is 4. The molecular formula is C25H29ClN4O3. The van der Waals surface area contributed by atoms with E-state index in [0.29, 0.717) is 30.3 Å². The fourth-order valence-electron chi connectivity index (χ4n) is 4.55. The number of anilines is 2. The number of carbonyl (C=O) groups excluding carboxylic acids is 3. The highest BCUT2D eigenvalue weighted by atomic mass is 35.5. The Morgan fingerprint density at radius 1 is 0.970 bits per heavy atom. The fraction of sp³-hybridized carbons (Fsp3) is 0.400. The molecule has 3 fully saturated rings. The highest BCUT2D eigenvalue weighted by molar-refractivity contribution is 6.36. The second kappa shape index (κ2) is 9.53. The molecule has 0 unspecified atom stereocenters. The van der Waals surface area contributed by atoms with Gasteiger partial charge in [-0.2, -0.15) is 0 Å². The summed E-state index contributed by atoms with van der Waals surface area (Å²) in [6.07, 6.45) is 3.65. The average molecular weight is 469 g/mol. The summed E-state index contributed by atoms with van der Waals surface area (Å²) in [5, 5.41) is 6.18. The molecule has 8 heteroatoms. The van der Waals surface area contributed by atoms with E-state index in [2.05, 4.69) is 10.6 Å². The van der Waals surface area contributed by atoms with Gasteiger partial charge in [-0.15, -0.1) is 0 Å². The molecule has 7 nitrogen and oxygen atoms in total. The van der Waals surface area contributed by atoms with Crippen LogP contribution in [0.4, 0.5) is 16.2 Å². The smallest absolute Gasteiger partial charge is 0.309 e. The zero-order valence-electron chi connectivity index (χ0n) is 19.0. The number of urea groups is 1. The Morgan fingerprint density at radius 3 is 2.33 bits per heavy atom. The Balaban J connectivity index is 0.00000126. The number of hydrogen-bond donors (Lipinski definition) is 2. The Labute approximate surface area is 199 Å². The minimum Gasteiger partial charge on any atom is -0.309 e. The van der Waals surface area contributed by atoms with Gasteiger partial charge in [0.1, 0.15) is 0 Å². The molecule has 3 aliphatic rings. The van der Waals surface area contributed by atoms with Crippen LogP contribution in [-0.2, 0) is 9.59 Å². The van der Waals surface area contributed by atoms with Crippen LogP contribution in [0.5, 0.6) is 0 Å². The molecule has 2 saturated heterocycles. The maximum atomic E-state index is 12.5. The van der Waals surface area contributed by atoms with Crippen LogP contribution in [-0.4, -0.2) is 43.0 Å². The number of rotatable bonds is 3. The van der Waals surface area contributed by atoms with Crippen LogP contribution in [0.2, 0.25) is 5.02 Å². The lowest BCUT2D eigenvalue weighted by atomic mass is 9.75. The SMILES string of the molecule is CC.O=C1CCN(c2cccc(-c3ccc(N4CC5(CCC5)NCC4=O)cc3)c2Cl)C(=O)N1. The Hall–Kier alpha value is -2.90. The summed E-state index contributed by atoms with van der Waals surface area (Å²) in [7, 11) is 0. The van der Waals surface area contributed by atoms with Crippen LogP contribution in [0, 0.1) is 0 Å². The summed E-state index contributed by atoms with van der Waals surface area (Å²) < 4.78 is 0. The molecule has 0 bridgehead atoms. The summed E-state index contributed by atoms with van der Waals surface area (Å²) in [5.74, 6) is -0.203. The van der Waals surface area contributed by atoms with Crippen LogP contribution in [0.25, 0.3) is 11.1 Å². The van der Waals surface area contributed by atoms with E-state index in [1.165, 1.54) is 11.3 Å². The predicted octanol–water partition coefficient (Wildman–Crippen LogP) is 4.34. The number of piperazine rings is 1. The van der Waals surface area contributed by atoms with Crippen LogP contribution in [0.1, 0.15) is 39.5 Å². The molecule has 1 saturated carbocycles. The van der Waals surface area contributed by atoms with Gasteiger partial charge in [0.15, 0.2) is 0 Å². The molecule has 0 aromatic heterocycles. The predicted molar refractivity (Wildman–Crippen MR) is 131 cm³/mol. The van der Waals surface area contributed by atoms with E-state index in [1.54, 1.807) is 6.07 Å². The standard InChI is InChI=1S/C23H23ClN4O3.C2H6/c24-21-17(3-1-4-18(21)27-12-9-19(29)26-22(27)31)15-5-7-16(8-6-15)28-14-23(10-2-11-23)25-13-20(28)30;1-2/h1,3-8,25H,2,9-14H2,(H,26,29,31);1-2H3. The summed E-state index contributed by atoms with van der Waals surface area (Å²) in [6, 6.07) is 12.8. The molecule has 33 heavy (non-hydrogen) atoms. The van der Waals surface area contributed by atoms with Gasteiger partial charge in [0.05, 0.1) is 17.3 Å². The summed E-state index contributed by atoms with van der Waals surface area (Å²) >= 11 is 6.67. The second-order valence-corrected chi connectivity index (χ2v) is 8.79. The van der Waals surface area contributed by atoms with Gasteiger partial charge in [0.25, 0.3) is 0 Å². The summed E-state index contributed by atoms with van der Waals surface area (Å²) in [5.41, 5.74) is 3.20. The molecule has 2 aliphatic heterocycles. The maximum Gasteiger partial charge on any atom is 0.328 e. The lowest BCUT2D eigenvalue weighted by molar-refractivity contribution is -0.121. The van der Waals surface area contributed by atoms with Crippen molar-refractivity contribution >= 4 is 40.8 Å². The first-order valence-electron chi connectivity index (χ1n) is 11.5. The zero-order valence-corrected chi connectivity index (χ0v) is 19.7. The number of imide groups is 1. The first kappa shape index (κ1) is 23.3. The topological polar surface area (TPSA) is 81.8 Å². The van der Waals surface area contributed by atoms with E-state index in [9.17, 15) is 14.4 Å². The lowest BCUT2D eigenvalue weighted by Gasteiger charge is -2.49. The summed E-state index contributed by atoms with van der Waals surface area (Å²) in [6.45, 7) is 5.36. The molecule has 1 aliphatic carbocycles. The van der Waals surface area contributed by atoms with Gasteiger partial charge in [-0.3, -0.25) is 19.8 Å². The number of carbonyl (C=O) groups is 3. The molecule has 2 aromatic rings. The van der Waals surface area contributed by atoms with Crippen LogP contribution in [0.15, 0.2) is 42.5 Å². The van der Waals surface area contributed by atoms with Crippen molar-refractivity contribution in [1.29, 1.82) is 0 Å². The normalized spacial score (nSPS) is 19.5. The van der Waals surface area contributed by atoms with Crippen LogP contribution in [0.3, 0.4) is 0 Å². The van der Waals surface area contributed by atoms with Crippen molar-refractivity contribution in [2.75, 3.05) is 29.4 Å². The van der Waals surface area contributed by atoms with Gasteiger partial charge in [-0.1, -0.05) is 49.7 Å².